The number of nitrogens with zero attached hydrogens (tertiary/aromatic N) is 2. The van der Waals surface area contributed by atoms with Crippen molar-refractivity contribution in [3.8, 4) is 12.1 Å². The molecule has 94 valence electrons. The monoisotopic (exact) mass is 261 g/mol. The lowest BCUT2D eigenvalue weighted by Gasteiger charge is -2.15. The zero-order valence-electron chi connectivity index (χ0n) is 10.6. The van der Waals surface area contributed by atoms with Gasteiger partial charge in [0.1, 0.15) is 0 Å². The minimum Gasteiger partial charge on any atom is -0.384 e. The summed E-state index contributed by atoms with van der Waals surface area (Å²) in [4.78, 5) is 0. The van der Waals surface area contributed by atoms with Gasteiger partial charge in [0, 0.05) is 6.54 Å². The molecule has 0 unspecified atom stereocenters. The van der Waals surface area contributed by atoms with Crippen molar-refractivity contribution in [3.05, 3.63) is 28.8 Å². The molecule has 0 radical (unpaired) electrons. The molecule has 4 heteroatoms. The van der Waals surface area contributed by atoms with E-state index in [1.165, 1.54) is 0 Å². The van der Waals surface area contributed by atoms with E-state index < -0.39 is 0 Å². The number of hydrogen-bond donors (Lipinski definition) is 1. The lowest BCUT2D eigenvalue weighted by molar-refractivity contribution is 0.441. The summed E-state index contributed by atoms with van der Waals surface area (Å²) in [5.41, 5.74) is 1.06. The van der Waals surface area contributed by atoms with Gasteiger partial charge in [0.25, 0.3) is 0 Å². The molecule has 18 heavy (non-hydrogen) atoms. The number of anilines is 1. The highest BCUT2D eigenvalue weighted by Gasteiger charge is 2.15. The van der Waals surface area contributed by atoms with Gasteiger partial charge in [-0.2, -0.15) is 10.5 Å². The summed E-state index contributed by atoms with van der Waals surface area (Å²) < 4.78 is 0. The molecule has 0 aliphatic carbocycles. The molecular weight excluding hydrogens is 246 g/mol. The van der Waals surface area contributed by atoms with Gasteiger partial charge in [-0.25, -0.2) is 0 Å². The van der Waals surface area contributed by atoms with Crippen LogP contribution in [0.5, 0.6) is 0 Å². The van der Waals surface area contributed by atoms with Crippen LogP contribution in [0.4, 0.5) is 5.69 Å². The van der Waals surface area contributed by atoms with Crippen LogP contribution in [-0.2, 0) is 0 Å². The lowest BCUT2D eigenvalue weighted by atomic mass is 9.90. The third-order valence-electron chi connectivity index (χ3n) is 2.69. The van der Waals surface area contributed by atoms with Gasteiger partial charge in [0.15, 0.2) is 0 Å². The molecule has 1 rings (SSSR count). The molecule has 1 aromatic carbocycles. The molecule has 1 aromatic rings. The van der Waals surface area contributed by atoms with E-state index in [-0.39, 0.29) is 5.41 Å². The molecule has 0 spiro atoms. The number of halogens is 1. The van der Waals surface area contributed by atoms with Crippen molar-refractivity contribution < 1.29 is 0 Å². The lowest BCUT2D eigenvalue weighted by Crippen LogP contribution is -2.11. The average molecular weight is 262 g/mol. The first-order valence-corrected chi connectivity index (χ1v) is 6.21. The number of hydrogen-bond acceptors (Lipinski definition) is 3. The second-order valence-corrected chi connectivity index (χ2v) is 5.24. The highest BCUT2D eigenvalue weighted by molar-refractivity contribution is 6.33. The topological polar surface area (TPSA) is 59.6 Å². The fraction of sp³-hybridized carbons (Fsp3) is 0.429. The standard InChI is InChI=1S/C14H16ClN3/c1-14(2,10-17)6-3-7-18-13-8-11(9-16)4-5-12(13)15/h4-5,8,18H,3,6-7H2,1-2H3. The van der Waals surface area contributed by atoms with E-state index in [0.29, 0.717) is 10.6 Å². The third-order valence-corrected chi connectivity index (χ3v) is 3.02. The number of nitriles is 2. The molecule has 0 aromatic heterocycles. The summed E-state index contributed by atoms with van der Waals surface area (Å²) in [6.45, 7) is 4.59. The second kappa shape index (κ2) is 6.28. The Hall–Kier alpha value is -1.71. The van der Waals surface area contributed by atoms with Crippen LogP contribution in [0.2, 0.25) is 5.02 Å². The van der Waals surface area contributed by atoms with Crippen LogP contribution < -0.4 is 5.32 Å². The van der Waals surface area contributed by atoms with Gasteiger partial charge in [-0.05, 0) is 44.9 Å². The summed E-state index contributed by atoms with van der Waals surface area (Å²) in [6.07, 6.45) is 1.71. The van der Waals surface area contributed by atoms with Crippen LogP contribution in [0.3, 0.4) is 0 Å². The van der Waals surface area contributed by atoms with Gasteiger partial charge < -0.3 is 5.32 Å². The Bertz CT molecular complexity index is 495. The third kappa shape index (κ3) is 4.28. The fourth-order valence-corrected chi connectivity index (χ4v) is 1.72. The first kappa shape index (κ1) is 14.4. The van der Waals surface area contributed by atoms with E-state index in [2.05, 4.69) is 17.5 Å². The van der Waals surface area contributed by atoms with Crippen LogP contribution in [0.25, 0.3) is 0 Å². The summed E-state index contributed by atoms with van der Waals surface area (Å²) in [5.74, 6) is 0. The van der Waals surface area contributed by atoms with Gasteiger partial charge in [0.2, 0.25) is 0 Å². The van der Waals surface area contributed by atoms with Crippen LogP contribution in [0, 0.1) is 28.1 Å². The predicted octanol–water partition coefficient (Wildman–Crippen LogP) is 3.95. The Balaban J connectivity index is 2.50. The number of benzene rings is 1. The predicted molar refractivity (Wildman–Crippen MR) is 73.3 cm³/mol. The molecule has 0 heterocycles. The van der Waals surface area contributed by atoms with Gasteiger partial charge in [0.05, 0.1) is 33.8 Å². The molecule has 0 saturated heterocycles. The number of nitrogens with one attached hydrogen (secondary N) is 1. The van der Waals surface area contributed by atoms with Crippen molar-refractivity contribution in [2.24, 2.45) is 5.41 Å². The van der Waals surface area contributed by atoms with Gasteiger partial charge in [-0.15, -0.1) is 0 Å². The van der Waals surface area contributed by atoms with Crippen molar-refractivity contribution in [1.82, 2.24) is 0 Å². The van der Waals surface area contributed by atoms with Crippen molar-refractivity contribution in [1.29, 1.82) is 10.5 Å². The van der Waals surface area contributed by atoms with Crippen LogP contribution in [0.1, 0.15) is 32.3 Å². The van der Waals surface area contributed by atoms with E-state index in [1.54, 1.807) is 18.2 Å². The van der Waals surface area contributed by atoms with Crippen molar-refractivity contribution in [2.45, 2.75) is 26.7 Å². The molecular formula is C14H16ClN3. The number of rotatable bonds is 5. The summed E-state index contributed by atoms with van der Waals surface area (Å²) in [5, 5.41) is 21.5. The maximum Gasteiger partial charge on any atom is 0.0992 e. The van der Waals surface area contributed by atoms with Gasteiger partial charge >= 0.3 is 0 Å². The molecule has 0 aliphatic heterocycles. The molecule has 3 nitrogen and oxygen atoms in total. The quantitative estimate of drug-likeness (QED) is 0.817. The Kier molecular flexibility index (Phi) is 5.01. The van der Waals surface area contributed by atoms with E-state index in [9.17, 15) is 0 Å². The van der Waals surface area contributed by atoms with E-state index in [4.69, 9.17) is 22.1 Å². The molecule has 0 aliphatic rings. The minimum absolute atomic E-state index is 0.292. The van der Waals surface area contributed by atoms with Crippen LogP contribution >= 0.6 is 11.6 Å². The maximum atomic E-state index is 8.90. The highest BCUT2D eigenvalue weighted by Crippen LogP contribution is 2.24. The molecule has 1 N–H and O–H groups in total. The van der Waals surface area contributed by atoms with E-state index >= 15 is 0 Å². The smallest absolute Gasteiger partial charge is 0.0992 e. The molecule has 0 fully saturated rings. The fourth-order valence-electron chi connectivity index (χ4n) is 1.54. The zero-order valence-corrected chi connectivity index (χ0v) is 11.4. The molecule has 0 bridgehead atoms. The first-order chi connectivity index (χ1) is 8.48. The van der Waals surface area contributed by atoms with Crippen LogP contribution in [0.15, 0.2) is 18.2 Å². The summed E-state index contributed by atoms with van der Waals surface area (Å²) in [7, 11) is 0. The first-order valence-electron chi connectivity index (χ1n) is 5.83. The van der Waals surface area contributed by atoms with Gasteiger partial charge in [-0.3, -0.25) is 0 Å². The van der Waals surface area contributed by atoms with Crippen LogP contribution in [-0.4, -0.2) is 6.54 Å². The minimum atomic E-state index is -0.292. The largest absolute Gasteiger partial charge is 0.384 e. The zero-order chi connectivity index (χ0) is 13.6. The Morgan fingerprint density at radius 1 is 1.33 bits per heavy atom. The van der Waals surface area contributed by atoms with Crippen molar-refractivity contribution in [2.75, 3.05) is 11.9 Å². The molecule has 0 amide bonds. The SMILES string of the molecule is CC(C)(C#N)CCCNc1cc(C#N)ccc1Cl. The summed E-state index contributed by atoms with van der Waals surface area (Å²) in [6, 6.07) is 9.48. The van der Waals surface area contributed by atoms with E-state index in [0.717, 1.165) is 25.1 Å². The molecule has 0 saturated carbocycles. The normalized spacial score (nSPS) is 10.5. The maximum absolute atomic E-state index is 8.90. The Labute approximate surface area is 113 Å². The van der Waals surface area contributed by atoms with Gasteiger partial charge in [-0.1, -0.05) is 11.6 Å². The Morgan fingerprint density at radius 2 is 2.06 bits per heavy atom. The second-order valence-electron chi connectivity index (χ2n) is 4.83. The average Bonchev–Trinajstić information content (AvgIpc) is 2.36. The molecule has 0 atom stereocenters. The van der Waals surface area contributed by atoms with Crippen molar-refractivity contribution >= 4 is 17.3 Å². The summed E-state index contributed by atoms with van der Waals surface area (Å²) >= 11 is 6.03. The Morgan fingerprint density at radius 3 is 2.67 bits per heavy atom. The van der Waals surface area contributed by atoms with Crippen molar-refractivity contribution in [3.63, 3.8) is 0 Å². The van der Waals surface area contributed by atoms with E-state index in [1.807, 2.05) is 13.8 Å². The highest BCUT2D eigenvalue weighted by atomic mass is 35.5.